The van der Waals surface area contributed by atoms with Gasteiger partial charge in [0.2, 0.25) is 5.91 Å². The van der Waals surface area contributed by atoms with Gasteiger partial charge in [0.1, 0.15) is 0 Å². The summed E-state index contributed by atoms with van der Waals surface area (Å²) >= 11 is 0. The molecule has 1 aliphatic rings. The zero-order valence-electron chi connectivity index (χ0n) is 13.0. The number of aryl methyl sites for hydroxylation is 1. The summed E-state index contributed by atoms with van der Waals surface area (Å²) < 4.78 is 5.76. The second-order valence-corrected chi connectivity index (χ2v) is 5.72. The topological polar surface area (TPSA) is 50.4 Å². The third-order valence-corrected chi connectivity index (χ3v) is 4.00. The lowest BCUT2D eigenvalue weighted by Crippen LogP contribution is -2.33. The van der Waals surface area contributed by atoms with E-state index < -0.39 is 0 Å². The Morgan fingerprint density at radius 2 is 2.10 bits per heavy atom. The maximum absolute atomic E-state index is 12.0. The van der Waals surface area contributed by atoms with Crippen molar-refractivity contribution in [1.29, 1.82) is 0 Å². The van der Waals surface area contributed by atoms with Gasteiger partial charge in [-0.15, -0.1) is 0 Å². The van der Waals surface area contributed by atoms with Crippen molar-refractivity contribution in [1.82, 2.24) is 10.6 Å². The van der Waals surface area contributed by atoms with E-state index in [-0.39, 0.29) is 11.9 Å². The Morgan fingerprint density at radius 1 is 1.38 bits per heavy atom. The molecule has 0 aromatic heterocycles. The second kappa shape index (κ2) is 8.15. The number of hydrogen-bond acceptors (Lipinski definition) is 3. The lowest BCUT2D eigenvalue weighted by molar-refractivity contribution is -0.123. The van der Waals surface area contributed by atoms with E-state index in [1.807, 2.05) is 19.1 Å². The van der Waals surface area contributed by atoms with Gasteiger partial charge >= 0.3 is 0 Å². The summed E-state index contributed by atoms with van der Waals surface area (Å²) in [6.07, 6.45) is 2.83. The summed E-state index contributed by atoms with van der Waals surface area (Å²) in [5, 5.41) is 6.35. The van der Waals surface area contributed by atoms with Crippen molar-refractivity contribution >= 4 is 5.91 Å². The molecule has 0 bridgehead atoms. The zero-order chi connectivity index (χ0) is 15.1. The molecular weight excluding hydrogens is 264 g/mol. The molecule has 1 heterocycles. The number of piperidine rings is 1. The van der Waals surface area contributed by atoms with E-state index in [2.05, 4.69) is 29.7 Å². The molecule has 0 unspecified atom stereocenters. The molecule has 0 aliphatic carbocycles. The molecule has 0 radical (unpaired) electrons. The van der Waals surface area contributed by atoms with E-state index in [0.29, 0.717) is 19.1 Å². The van der Waals surface area contributed by atoms with Crippen molar-refractivity contribution in [2.75, 3.05) is 19.7 Å². The Bertz CT molecular complexity index is 456. The third kappa shape index (κ3) is 5.14. The summed E-state index contributed by atoms with van der Waals surface area (Å²) in [6.45, 7) is 6.63. The van der Waals surface area contributed by atoms with E-state index in [4.69, 9.17) is 4.74 Å². The number of nitrogens with one attached hydrogen (secondary N) is 2. The van der Waals surface area contributed by atoms with Crippen molar-refractivity contribution < 1.29 is 9.53 Å². The maximum Gasteiger partial charge on any atom is 0.222 e. The van der Waals surface area contributed by atoms with Crippen LogP contribution in [0.25, 0.3) is 0 Å². The van der Waals surface area contributed by atoms with E-state index in [1.54, 1.807) is 0 Å². The first kappa shape index (κ1) is 16.0. The number of ether oxygens (including phenoxy) is 1. The highest BCUT2D eigenvalue weighted by Gasteiger charge is 2.15. The van der Waals surface area contributed by atoms with Gasteiger partial charge in [0.15, 0.2) is 0 Å². The molecule has 1 saturated heterocycles. The smallest absolute Gasteiger partial charge is 0.222 e. The highest BCUT2D eigenvalue weighted by molar-refractivity contribution is 5.76. The highest BCUT2D eigenvalue weighted by atomic mass is 16.5. The predicted molar refractivity (Wildman–Crippen MR) is 84.2 cm³/mol. The van der Waals surface area contributed by atoms with Crippen molar-refractivity contribution in [2.24, 2.45) is 0 Å². The van der Waals surface area contributed by atoms with E-state index in [9.17, 15) is 4.79 Å². The number of rotatable bonds is 6. The Kier molecular flexibility index (Phi) is 6.21. The minimum atomic E-state index is 0.0394. The van der Waals surface area contributed by atoms with Crippen molar-refractivity contribution in [3.63, 3.8) is 0 Å². The fourth-order valence-corrected chi connectivity index (χ4v) is 2.74. The molecule has 116 valence electrons. The van der Waals surface area contributed by atoms with Gasteiger partial charge in [0, 0.05) is 6.42 Å². The first-order chi connectivity index (χ1) is 10.2. The summed E-state index contributed by atoms with van der Waals surface area (Å²) in [6, 6.07) is 8.19. The molecule has 1 aliphatic heterocycles. The number of amides is 1. The largest absolute Gasteiger partial charge is 0.378 e. The molecule has 2 N–H and O–H groups in total. The number of carbonyl (C=O) groups excluding carboxylic acids is 1. The van der Waals surface area contributed by atoms with Crippen LogP contribution in [0.2, 0.25) is 0 Å². The zero-order valence-corrected chi connectivity index (χ0v) is 13.0. The highest BCUT2D eigenvalue weighted by Crippen LogP contribution is 2.16. The predicted octanol–water partition coefficient (Wildman–Crippen LogP) is 2.33. The molecule has 4 nitrogen and oxygen atoms in total. The SMILES string of the molecule is Cc1ccccc1[C@@H](C)NC(=O)CCOC1CCNCC1. The average molecular weight is 290 g/mol. The minimum absolute atomic E-state index is 0.0394. The molecule has 4 heteroatoms. The van der Waals surface area contributed by atoms with Crippen LogP contribution in [0.3, 0.4) is 0 Å². The Hall–Kier alpha value is -1.39. The van der Waals surface area contributed by atoms with Crippen LogP contribution in [-0.4, -0.2) is 31.7 Å². The fraction of sp³-hybridized carbons (Fsp3) is 0.588. The van der Waals surface area contributed by atoms with Gasteiger partial charge in [0.25, 0.3) is 0 Å². The maximum atomic E-state index is 12.0. The first-order valence-corrected chi connectivity index (χ1v) is 7.84. The Morgan fingerprint density at radius 3 is 2.81 bits per heavy atom. The molecule has 1 aromatic carbocycles. The molecule has 1 amide bonds. The van der Waals surface area contributed by atoms with Crippen LogP contribution < -0.4 is 10.6 Å². The van der Waals surface area contributed by atoms with Crippen LogP contribution in [-0.2, 0) is 9.53 Å². The summed E-state index contributed by atoms with van der Waals surface area (Å²) in [7, 11) is 0. The monoisotopic (exact) mass is 290 g/mol. The van der Waals surface area contributed by atoms with Crippen LogP contribution in [0, 0.1) is 6.92 Å². The Labute approximate surface area is 127 Å². The second-order valence-electron chi connectivity index (χ2n) is 5.72. The van der Waals surface area contributed by atoms with Crippen LogP contribution in [0.5, 0.6) is 0 Å². The molecule has 21 heavy (non-hydrogen) atoms. The van der Waals surface area contributed by atoms with Crippen LogP contribution in [0.1, 0.15) is 43.4 Å². The Balaban J connectivity index is 1.70. The quantitative estimate of drug-likeness (QED) is 0.845. The third-order valence-electron chi connectivity index (χ3n) is 4.00. The first-order valence-electron chi connectivity index (χ1n) is 7.84. The molecule has 1 atom stereocenters. The lowest BCUT2D eigenvalue weighted by atomic mass is 10.0. The van der Waals surface area contributed by atoms with Gasteiger partial charge in [-0.05, 0) is 50.9 Å². The summed E-state index contributed by atoms with van der Waals surface area (Å²) in [5.41, 5.74) is 2.38. The van der Waals surface area contributed by atoms with E-state index in [0.717, 1.165) is 25.9 Å². The van der Waals surface area contributed by atoms with Crippen molar-refractivity contribution in [3.8, 4) is 0 Å². The minimum Gasteiger partial charge on any atom is -0.378 e. The van der Waals surface area contributed by atoms with E-state index in [1.165, 1.54) is 11.1 Å². The number of carbonyl (C=O) groups is 1. The molecule has 1 aromatic rings. The lowest BCUT2D eigenvalue weighted by Gasteiger charge is -2.23. The van der Waals surface area contributed by atoms with Gasteiger partial charge in [-0.25, -0.2) is 0 Å². The van der Waals surface area contributed by atoms with Gasteiger partial charge in [-0.1, -0.05) is 24.3 Å². The molecule has 2 rings (SSSR count). The normalized spacial score (nSPS) is 17.4. The van der Waals surface area contributed by atoms with E-state index >= 15 is 0 Å². The van der Waals surface area contributed by atoms with Gasteiger partial charge in [-0.3, -0.25) is 4.79 Å². The van der Waals surface area contributed by atoms with Gasteiger partial charge in [-0.2, -0.15) is 0 Å². The molecular formula is C17H26N2O2. The van der Waals surface area contributed by atoms with Crippen molar-refractivity contribution in [2.45, 2.75) is 45.3 Å². The average Bonchev–Trinajstić information content (AvgIpc) is 2.48. The molecule has 0 saturated carbocycles. The van der Waals surface area contributed by atoms with Crippen molar-refractivity contribution in [3.05, 3.63) is 35.4 Å². The van der Waals surface area contributed by atoms with Gasteiger partial charge in [0.05, 0.1) is 18.8 Å². The van der Waals surface area contributed by atoms with Crippen LogP contribution in [0.4, 0.5) is 0 Å². The summed E-state index contributed by atoms with van der Waals surface area (Å²) in [4.78, 5) is 12.0. The standard InChI is InChI=1S/C17H26N2O2/c1-13-5-3-4-6-16(13)14(2)19-17(20)9-12-21-15-7-10-18-11-8-15/h3-6,14-15,18H,7-12H2,1-2H3,(H,19,20)/t14-/m1/s1. The van der Waals surface area contributed by atoms with Crippen LogP contribution >= 0.6 is 0 Å². The number of benzene rings is 1. The van der Waals surface area contributed by atoms with Crippen LogP contribution in [0.15, 0.2) is 24.3 Å². The summed E-state index contributed by atoms with van der Waals surface area (Å²) in [5.74, 6) is 0.0553. The number of hydrogen-bond donors (Lipinski definition) is 2. The van der Waals surface area contributed by atoms with Gasteiger partial charge < -0.3 is 15.4 Å². The molecule has 1 fully saturated rings. The fourth-order valence-electron chi connectivity index (χ4n) is 2.74. The molecule has 0 spiro atoms.